The van der Waals surface area contributed by atoms with Gasteiger partial charge in [-0.15, -0.1) is 0 Å². The predicted octanol–water partition coefficient (Wildman–Crippen LogP) is 1.22. The van der Waals surface area contributed by atoms with Crippen molar-refractivity contribution in [2.24, 2.45) is 0 Å². The first-order chi connectivity index (χ1) is 11.2. The largest absolute Gasteiger partial charge is 0.496 e. The molecule has 1 atom stereocenters. The average molecular weight is 318 g/mol. The fourth-order valence-corrected chi connectivity index (χ4v) is 2.87. The Balaban J connectivity index is 2.04. The van der Waals surface area contributed by atoms with E-state index in [1.54, 1.807) is 20.3 Å². The Hall–Kier alpha value is -2.54. The minimum Gasteiger partial charge on any atom is -0.496 e. The maximum Gasteiger partial charge on any atom is 0.338 e. The predicted molar refractivity (Wildman–Crippen MR) is 80.8 cm³/mol. The summed E-state index contributed by atoms with van der Waals surface area (Å²) >= 11 is 0. The highest BCUT2D eigenvalue weighted by Crippen LogP contribution is 2.38. The number of nitrogens with one attached hydrogen (secondary N) is 1. The number of carbonyl (C=O) groups is 2. The lowest BCUT2D eigenvalue weighted by Gasteiger charge is -2.33. The minimum absolute atomic E-state index is 0.0942. The first kappa shape index (κ1) is 15.4. The topological polar surface area (TPSA) is 77.1 Å². The second-order valence-electron chi connectivity index (χ2n) is 5.21. The third-order valence-corrected chi connectivity index (χ3v) is 3.97. The van der Waals surface area contributed by atoms with Crippen LogP contribution >= 0.6 is 0 Å². The summed E-state index contributed by atoms with van der Waals surface area (Å²) in [6.07, 6.45) is 0. The summed E-state index contributed by atoms with van der Waals surface area (Å²) in [6.45, 7) is 0.825. The van der Waals surface area contributed by atoms with Crippen LogP contribution in [0.2, 0.25) is 0 Å². The standard InChI is InChI=1S/C16H18N2O5/c1-21-8-7-18-11-9-23-15(19)13(11)14(17-16(18)20)10-5-3-4-6-12(10)22-2/h3-6,14H,7-9H2,1-2H3,(H,17,20). The fourth-order valence-electron chi connectivity index (χ4n) is 2.87. The molecule has 122 valence electrons. The van der Waals surface area contributed by atoms with Gasteiger partial charge in [0, 0.05) is 12.7 Å². The first-order valence-corrected chi connectivity index (χ1v) is 7.27. The zero-order valence-electron chi connectivity index (χ0n) is 13.0. The Morgan fingerprint density at radius 1 is 1.30 bits per heavy atom. The molecule has 7 heteroatoms. The van der Waals surface area contributed by atoms with Gasteiger partial charge in [-0.05, 0) is 6.07 Å². The van der Waals surface area contributed by atoms with Crippen LogP contribution in [0.25, 0.3) is 0 Å². The molecule has 1 unspecified atom stereocenters. The number of methoxy groups -OCH3 is 2. The highest BCUT2D eigenvalue weighted by molar-refractivity contribution is 5.97. The van der Waals surface area contributed by atoms with Crippen LogP contribution in [0.1, 0.15) is 11.6 Å². The molecule has 2 heterocycles. The zero-order valence-corrected chi connectivity index (χ0v) is 13.0. The maximum atomic E-state index is 12.5. The number of cyclic esters (lactones) is 1. The number of urea groups is 1. The summed E-state index contributed by atoms with van der Waals surface area (Å²) in [5, 5.41) is 2.86. The van der Waals surface area contributed by atoms with E-state index in [1.807, 2.05) is 18.2 Å². The SMILES string of the molecule is COCCN1C(=O)NC(c2ccccc2OC)C2=C1COC2=O. The molecule has 1 N–H and O–H groups in total. The number of rotatable bonds is 5. The Labute approximate surface area is 133 Å². The van der Waals surface area contributed by atoms with Crippen molar-refractivity contribution in [3.63, 3.8) is 0 Å². The van der Waals surface area contributed by atoms with Crippen molar-refractivity contribution < 1.29 is 23.8 Å². The normalized spacial score (nSPS) is 20.3. The number of amides is 2. The van der Waals surface area contributed by atoms with Crippen molar-refractivity contribution in [3.05, 3.63) is 41.1 Å². The van der Waals surface area contributed by atoms with E-state index < -0.39 is 12.0 Å². The van der Waals surface area contributed by atoms with Crippen LogP contribution in [-0.2, 0) is 14.3 Å². The molecule has 1 aromatic carbocycles. The molecule has 0 bridgehead atoms. The molecule has 0 aliphatic carbocycles. The second kappa shape index (κ2) is 6.29. The summed E-state index contributed by atoms with van der Waals surface area (Å²) in [5.41, 5.74) is 1.76. The Morgan fingerprint density at radius 3 is 2.83 bits per heavy atom. The number of hydrogen-bond acceptors (Lipinski definition) is 5. The van der Waals surface area contributed by atoms with Crippen LogP contribution in [0.4, 0.5) is 4.79 Å². The lowest BCUT2D eigenvalue weighted by Crippen LogP contribution is -2.48. The van der Waals surface area contributed by atoms with Gasteiger partial charge in [-0.2, -0.15) is 0 Å². The van der Waals surface area contributed by atoms with Gasteiger partial charge < -0.3 is 19.5 Å². The number of carbonyl (C=O) groups excluding carboxylic acids is 2. The van der Waals surface area contributed by atoms with Crippen LogP contribution in [0.15, 0.2) is 35.5 Å². The lowest BCUT2D eigenvalue weighted by molar-refractivity contribution is -0.136. The molecule has 23 heavy (non-hydrogen) atoms. The van der Waals surface area contributed by atoms with Gasteiger partial charge in [0.1, 0.15) is 12.4 Å². The molecule has 0 radical (unpaired) electrons. The quantitative estimate of drug-likeness (QED) is 0.826. The molecule has 1 aromatic rings. The number of benzene rings is 1. The molecule has 2 aliphatic heterocycles. The summed E-state index contributed by atoms with van der Waals surface area (Å²) in [4.78, 5) is 26.1. The Kier molecular flexibility index (Phi) is 4.20. The number of nitrogens with zero attached hydrogens (tertiary/aromatic N) is 1. The Bertz CT molecular complexity index is 670. The molecule has 7 nitrogen and oxygen atoms in total. The van der Waals surface area contributed by atoms with Crippen LogP contribution in [0.3, 0.4) is 0 Å². The van der Waals surface area contributed by atoms with E-state index >= 15 is 0 Å². The van der Waals surface area contributed by atoms with Gasteiger partial charge in [0.25, 0.3) is 0 Å². The zero-order chi connectivity index (χ0) is 16.4. The van der Waals surface area contributed by atoms with E-state index in [-0.39, 0.29) is 12.6 Å². The summed E-state index contributed by atoms with van der Waals surface area (Å²) in [6, 6.07) is 6.42. The van der Waals surface area contributed by atoms with Crippen LogP contribution in [-0.4, -0.2) is 50.9 Å². The average Bonchev–Trinajstić information content (AvgIpc) is 2.95. The molecule has 0 fully saturated rings. The molecule has 3 rings (SSSR count). The van der Waals surface area contributed by atoms with Crippen molar-refractivity contribution in [3.8, 4) is 5.75 Å². The Morgan fingerprint density at radius 2 is 2.09 bits per heavy atom. The molecule has 2 aliphatic rings. The summed E-state index contributed by atoms with van der Waals surface area (Å²) < 4.78 is 15.5. The van der Waals surface area contributed by atoms with Crippen molar-refractivity contribution in [2.45, 2.75) is 6.04 Å². The van der Waals surface area contributed by atoms with Gasteiger partial charge in [-0.25, -0.2) is 9.59 Å². The van der Waals surface area contributed by atoms with Crippen LogP contribution in [0.5, 0.6) is 5.75 Å². The van der Waals surface area contributed by atoms with Crippen molar-refractivity contribution >= 4 is 12.0 Å². The van der Waals surface area contributed by atoms with E-state index in [0.717, 1.165) is 5.56 Å². The van der Waals surface area contributed by atoms with Crippen LogP contribution < -0.4 is 10.1 Å². The van der Waals surface area contributed by atoms with E-state index in [0.29, 0.717) is 30.2 Å². The highest BCUT2D eigenvalue weighted by Gasteiger charge is 2.42. The smallest absolute Gasteiger partial charge is 0.338 e. The molecular formula is C16H18N2O5. The molecular weight excluding hydrogens is 300 g/mol. The van der Waals surface area contributed by atoms with Gasteiger partial charge >= 0.3 is 12.0 Å². The van der Waals surface area contributed by atoms with E-state index in [1.165, 1.54) is 4.90 Å². The van der Waals surface area contributed by atoms with E-state index in [4.69, 9.17) is 14.2 Å². The van der Waals surface area contributed by atoms with Gasteiger partial charge in [-0.1, -0.05) is 18.2 Å². The number of esters is 1. The number of ether oxygens (including phenoxy) is 3. The van der Waals surface area contributed by atoms with E-state index in [9.17, 15) is 9.59 Å². The molecule has 2 amide bonds. The highest BCUT2D eigenvalue weighted by atomic mass is 16.5. The molecule has 0 spiro atoms. The second-order valence-corrected chi connectivity index (χ2v) is 5.21. The molecule has 0 saturated heterocycles. The van der Waals surface area contributed by atoms with Gasteiger partial charge in [-0.3, -0.25) is 4.90 Å². The van der Waals surface area contributed by atoms with Crippen molar-refractivity contribution in [2.75, 3.05) is 34.0 Å². The molecule has 0 aromatic heterocycles. The third-order valence-electron chi connectivity index (χ3n) is 3.97. The van der Waals surface area contributed by atoms with Crippen molar-refractivity contribution in [1.29, 1.82) is 0 Å². The fraction of sp³-hybridized carbons (Fsp3) is 0.375. The van der Waals surface area contributed by atoms with Crippen LogP contribution in [0, 0.1) is 0 Å². The van der Waals surface area contributed by atoms with Gasteiger partial charge in [0.05, 0.1) is 37.6 Å². The van der Waals surface area contributed by atoms with Crippen molar-refractivity contribution in [1.82, 2.24) is 10.2 Å². The maximum absolute atomic E-state index is 12.5. The monoisotopic (exact) mass is 318 g/mol. The molecule has 0 saturated carbocycles. The first-order valence-electron chi connectivity index (χ1n) is 7.27. The lowest BCUT2D eigenvalue weighted by atomic mass is 9.95. The third kappa shape index (κ3) is 2.63. The number of hydrogen-bond donors (Lipinski definition) is 1. The summed E-state index contributed by atoms with van der Waals surface area (Å²) in [7, 11) is 3.11. The number of para-hydroxylation sites is 1. The van der Waals surface area contributed by atoms with Gasteiger partial charge in [0.2, 0.25) is 0 Å². The summed E-state index contributed by atoms with van der Waals surface area (Å²) in [5.74, 6) is 0.188. The van der Waals surface area contributed by atoms with Gasteiger partial charge in [0.15, 0.2) is 0 Å². The van der Waals surface area contributed by atoms with E-state index in [2.05, 4.69) is 5.32 Å². The minimum atomic E-state index is -0.581.